The van der Waals surface area contributed by atoms with E-state index < -0.39 is 5.97 Å². The summed E-state index contributed by atoms with van der Waals surface area (Å²) in [6.07, 6.45) is 0.228. The molecule has 2 aromatic heterocycles. The molecule has 106 valence electrons. The zero-order chi connectivity index (χ0) is 14.5. The smallest absolute Gasteiger partial charge is 0.357 e. The first-order valence-electron chi connectivity index (χ1n) is 5.75. The van der Waals surface area contributed by atoms with Crippen LogP contribution in [0.15, 0.2) is 17.5 Å². The van der Waals surface area contributed by atoms with Crippen LogP contribution in [0.5, 0.6) is 0 Å². The zero-order valence-corrected chi connectivity index (χ0v) is 12.9. The van der Waals surface area contributed by atoms with Gasteiger partial charge >= 0.3 is 5.97 Å². The maximum Gasteiger partial charge on any atom is 0.357 e. The fraction of sp³-hybridized carbons (Fsp3) is 0.250. The first-order chi connectivity index (χ1) is 9.58. The average Bonchev–Trinajstić information content (AvgIpc) is 2.99. The Balaban J connectivity index is 1.93. The molecule has 1 N–H and O–H groups in total. The van der Waals surface area contributed by atoms with Crippen molar-refractivity contribution in [3.8, 4) is 0 Å². The van der Waals surface area contributed by atoms with Crippen molar-refractivity contribution < 1.29 is 14.3 Å². The van der Waals surface area contributed by atoms with E-state index in [1.807, 2.05) is 0 Å². The van der Waals surface area contributed by atoms with Crippen molar-refractivity contribution in [2.24, 2.45) is 0 Å². The number of rotatable bonds is 5. The number of ether oxygens (including phenoxy) is 1. The SMILES string of the molecule is CCOC(=O)c1csc(NC(=O)Cc2ccc(Cl)s2)n1. The number of esters is 1. The van der Waals surface area contributed by atoms with Gasteiger partial charge in [0.2, 0.25) is 5.91 Å². The Morgan fingerprint density at radius 1 is 1.45 bits per heavy atom. The molecular weight excluding hydrogens is 320 g/mol. The summed E-state index contributed by atoms with van der Waals surface area (Å²) in [6.45, 7) is 2.01. The normalized spacial score (nSPS) is 10.3. The molecule has 0 aliphatic heterocycles. The third-order valence-electron chi connectivity index (χ3n) is 2.20. The lowest BCUT2D eigenvalue weighted by atomic mass is 10.3. The second-order valence-corrected chi connectivity index (χ2v) is 6.35. The molecule has 20 heavy (non-hydrogen) atoms. The van der Waals surface area contributed by atoms with E-state index >= 15 is 0 Å². The molecule has 0 fully saturated rings. The predicted octanol–water partition coefficient (Wildman–Crippen LogP) is 3.22. The Bertz CT molecular complexity index is 624. The van der Waals surface area contributed by atoms with Crippen LogP contribution in [0.3, 0.4) is 0 Å². The number of thiazole rings is 1. The molecular formula is C12H11ClN2O3S2. The first kappa shape index (κ1) is 15.0. The van der Waals surface area contributed by atoms with Gasteiger partial charge in [0.05, 0.1) is 17.4 Å². The summed E-state index contributed by atoms with van der Waals surface area (Å²) < 4.78 is 5.47. The van der Waals surface area contributed by atoms with Crippen molar-refractivity contribution in [3.63, 3.8) is 0 Å². The van der Waals surface area contributed by atoms with E-state index in [2.05, 4.69) is 10.3 Å². The van der Waals surface area contributed by atoms with Gasteiger partial charge in [-0.3, -0.25) is 4.79 Å². The van der Waals surface area contributed by atoms with Crippen LogP contribution in [-0.4, -0.2) is 23.5 Å². The van der Waals surface area contributed by atoms with Crippen molar-refractivity contribution in [2.45, 2.75) is 13.3 Å². The van der Waals surface area contributed by atoms with Crippen LogP contribution in [0.4, 0.5) is 5.13 Å². The Hall–Kier alpha value is -1.44. The Morgan fingerprint density at radius 3 is 2.90 bits per heavy atom. The second-order valence-electron chi connectivity index (χ2n) is 3.69. The summed E-state index contributed by atoms with van der Waals surface area (Å²) in [6, 6.07) is 3.55. The van der Waals surface area contributed by atoms with Gasteiger partial charge in [0.1, 0.15) is 0 Å². The number of nitrogens with zero attached hydrogens (tertiary/aromatic N) is 1. The summed E-state index contributed by atoms with van der Waals surface area (Å²) in [5.41, 5.74) is 0.200. The highest BCUT2D eigenvalue weighted by molar-refractivity contribution is 7.16. The molecule has 5 nitrogen and oxygen atoms in total. The molecule has 2 heterocycles. The van der Waals surface area contributed by atoms with Crippen LogP contribution >= 0.6 is 34.3 Å². The van der Waals surface area contributed by atoms with Crippen molar-refractivity contribution in [2.75, 3.05) is 11.9 Å². The van der Waals surface area contributed by atoms with Crippen molar-refractivity contribution in [3.05, 3.63) is 32.4 Å². The molecule has 0 saturated carbocycles. The molecule has 8 heteroatoms. The van der Waals surface area contributed by atoms with E-state index in [1.165, 1.54) is 22.7 Å². The standard InChI is InChI=1S/C12H11ClN2O3S2/c1-2-18-11(17)8-6-19-12(14-8)15-10(16)5-7-3-4-9(13)20-7/h3-4,6H,2,5H2,1H3,(H,14,15,16). The number of aromatic nitrogens is 1. The summed E-state index contributed by atoms with van der Waals surface area (Å²) in [4.78, 5) is 28.1. The molecule has 1 amide bonds. The topological polar surface area (TPSA) is 68.3 Å². The molecule has 0 unspecified atom stereocenters. The number of thiophene rings is 1. The van der Waals surface area contributed by atoms with Gasteiger partial charge in [-0.25, -0.2) is 9.78 Å². The highest BCUT2D eigenvalue weighted by Crippen LogP contribution is 2.22. The zero-order valence-electron chi connectivity index (χ0n) is 10.5. The Kier molecular flexibility index (Phi) is 5.11. The molecule has 0 aromatic carbocycles. The quantitative estimate of drug-likeness (QED) is 0.855. The third-order valence-corrected chi connectivity index (χ3v) is 4.19. The average molecular weight is 331 g/mol. The summed E-state index contributed by atoms with van der Waals surface area (Å²) >= 11 is 8.34. The predicted molar refractivity (Wildman–Crippen MR) is 79.7 cm³/mol. The number of amides is 1. The number of anilines is 1. The maximum absolute atomic E-state index is 11.8. The molecule has 0 aliphatic rings. The van der Waals surface area contributed by atoms with Gasteiger partial charge in [-0.2, -0.15) is 0 Å². The van der Waals surface area contributed by atoms with Crippen molar-refractivity contribution in [1.29, 1.82) is 0 Å². The fourth-order valence-electron chi connectivity index (χ4n) is 1.40. The second kappa shape index (κ2) is 6.83. The highest BCUT2D eigenvalue weighted by Gasteiger charge is 2.13. The van der Waals surface area contributed by atoms with Gasteiger partial charge in [0.25, 0.3) is 0 Å². The number of hydrogen-bond donors (Lipinski definition) is 1. The monoisotopic (exact) mass is 330 g/mol. The van der Waals surface area contributed by atoms with E-state index in [9.17, 15) is 9.59 Å². The van der Waals surface area contributed by atoms with Crippen molar-refractivity contribution in [1.82, 2.24) is 4.98 Å². The lowest BCUT2D eigenvalue weighted by Crippen LogP contribution is -2.14. The molecule has 0 saturated heterocycles. The van der Waals surface area contributed by atoms with Crippen molar-refractivity contribution >= 4 is 51.3 Å². The highest BCUT2D eigenvalue weighted by atomic mass is 35.5. The lowest BCUT2D eigenvalue weighted by Gasteiger charge is -1.99. The summed E-state index contributed by atoms with van der Waals surface area (Å²) in [5, 5.41) is 4.57. The number of carbonyl (C=O) groups is 2. The number of hydrogen-bond acceptors (Lipinski definition) is 6. The van der Waals surface area contributed by atoms with Gasteiger partial charge in [-0.05, 0) is 19.1 Å². The third kappa shape index (κ3) is 4.03. The molecule has 0 bridgehead atoms. The van der Waals surface area contributed by atoms with Crippen LogP contribution in [0.2, 0.25) is 4.34 Å². The minimum Gasteiger partial charge on any atom is -0.461 e. The van der Waals surface area contributed by atoms with Crippen LogP contribution < -0.4 is 5.32 Å². The summed E-state index contributed by atoms with van der Waals surface area (Å²) in [5.74, 6) is -0.692. The van der Waals surface area contributed by atoms with Crippen LogP contribution in [0.25, 0.3) is 0 Å². The van der Waals surface area contributed by atoms with Gasteiger partial charge in [0.15, 0.2) is 10.8 Å². The first-order valence-corrected chi connectivity index (χ1v) is 7.82. The summed E-state index contributed by atoms with van der Waals surface area (Å²) in [7, 11) is 0. The van der Waals surface area contributed by atoms with Crippen LogP contribution in [0, 0.1) is 0 Å². The molecule has 2 rings (SSSR count). The van der Waals surface area contributed by atoms with Gasteiger partial charge < -0.3 is 10.1 Å². The minimum atomic E-state index is -0.491. The van der Waals surface area contributed by atoms with E-state index in [4.69, 9.17) is 16.3 Å². The van der Waals surface area contributed by atoms with Gasteiger partial charge in [-0.1, -0.05) is 11.6 Å². The molecule has 0 spiro atoms. The fourth-order valence-corrected chi connectivity index (χ4v) is 3.18. The molecule has 2 aromatic rings. The van der Waals surface area contributed by atoms with E-state index in [0.29, 0.717) is 9.47 Å². The molecule has 0 aliphatic carbocycles. The largest absolute Gasteiger partial charge is 0.461 e. The minimum absolute atomic E-state index is 0.200. The number of nitrogens with one attached hydrogen (secondary N) is 1. The van der Waals surface area contributed by atoms with Gasteiger partial charge in [-0.15, -0.1) is 22.7 Å². The van der Waals surface area contributed by atoms with Crippen LogP contribution in [0.1, 0.15) is 22.3 Å². The molecule has 0 radical (unpaired) electrons. The van der Waals surface area contributed by atoms with E-state index in [1.54, 1.807) is 24.4 Å². The lowest BCUT2D eigenvalue weighted by molar-refractivity contribution is -0.115. The van der Waals surface area contributed by atoms with Crippen LogP contribution in [-0.2, 0) is 16.0 Å². The Morgan fingerprint density at radius 2 is 2.25 bits per heavy atom. The number of carbonyl (C=O) groups excluding carboxylic acids is 2. The van der Waals surface area contributed by atoms with E-state index in [0.717, 1.165) is 4.88 Å². The van der Waals surface area contributed by atoms with Gasteiger partial charge in [0, 0.05) is 10.3 Å². The van der Waals surface area contributed by atoms with E-state index in [-0.39, 0.29) is 24.6 Å². The number of halogens is 1. The Labute approximate surface area is 128 Å². The maximum atomic E-state index is 11.8. The molecule has 0 atom stereocenters.